The van der Waals surface area contributed by atoms with Crippen LogP contribution < -0.4 is 4.90 Å². The third-order valence-electron chi connectivity index (χ3n) is 5.26. The molecule has 2 fully saturated rings. The Kier molecular flexibility index (Phi) is 5.50. The third-order valence-corrected chi connectivity index (χ3v) is 6.43. The van der Waals surface area contributed by atoms with Gasteiger partial charge < -0.3 is 9.80 Å². The summed E-state index contributed by atoms with van der Waals surface area (Å²) in [7, 11) is 0. The van der Waals surface area contributed by atoms with Crippen LogP contribution >= 0.6 is 23.4 Å². The number of rotatable bonds is 3. The first-order valence-corrected chi connectivity index (χ1v) is 10.7. The zero-order valence-corrected chi connectivity index (χ0v) is 16.3. The highest BCUT2D eigenvalue weighted by atomic mass is 35.5. The predicted octanol–water partition coefficient (Wildman–Crippen LogP) is 3.47. The summed E-state index contributed by atoms with van der Waals surface area (Å²) in [5.74, 6) is 3.90. The Morgan fingerprint density at radius 1 is 1.15 bits per heavy atom. The van der Waals surface area contributed by atoms with Crippen molar-refractivity contribution in [3.05, 3.63) is 29.4 Å². The molecule has 5 nitrogen and oxygen atoms in total. The number of fused-ring (bicyclic) bond motifs is 1. The van der Waals surface area contributed by atoms with Gasteiger partial charge in [-0.15, -0.1) is 0 Å². The van der Waals surface area contributed by atoms with Crippen LogP contribution in [0.25, 0.3) is 11.0 Å². The van der Waals surface area contributed by atoms with Crippen molar-refractivity contribution >= 4 is 46.1 Å². The van der Waals surface area contributed by atoms with Gasteiger partial charge in [-0.25, -0.2) is 4.98 Å². The lowest BCUT2D eigenvalue weighted by Gasteiger charge is -2.34. The van der Waals surface area contributed by atoms with Crippen LogP contribution in [0.4, 0.5) is 5.82 Å². The summed E-state index contributed by atoms with van der Waals surface area (Å²) in [5, 5.41) is 0.678. The minimum Gasteiger partial charge on any atom is -0.355 e. The Labute approximate surface area is 163 Å². The first-order chi connectivity index (χ1) is 12.7. The van der Waals surface area contributed by atoms with Gasteiger partial charge in [0, 0.05) is 49.1 Å². The van der Waals surface area contributed by atoms with E-state index in [9.17, 15) is 4.79 Å². The normalized spacial score (nSPS) is 19.1. The molecule has 0 radical (unpaired) electrons. The molecule has 2 saturated heterocycles. The number of nitrogens with zero attached hydrogens (tertiary/aromatic N) is 4. The number of carbonyl (C=O) groups excluding carboxylic acids is 1. The molecule has 26 heavy (non-hydrogen) atoms. The number of benzene rings is 1. The first kappa shape index (κ1) is 17.9. The zero-order chi connectivity index (χ0) is 17.9. The molecule has 1 aromatic heterocycles. The topological polar surface area (TPSA) is 49.3 Å². The fourth-order valence-corrected chi connectivity index (χ4v) is 4.75. The summed E-state index contributed by atoms with van der Waals surface area (Å²) < 4.78 is 0. The number of anilines is 1. The molecule has 0 spiro atoms. The summed E-state index contributed by atoms with van der Waals surface area (Å²) in [4.78, 5) is 26.0. The van der Waals surface area contributed by atoms with Gasteiger partial charge in [0.1, 0.15) is 5.82 Å². The highest BCUT2D eigenvalue weighted by Crippen LogP contribution is 2.26. The molecule has 3 heterocycles. The van der Waals surface area contributed by atoms with Crippen LogP contribution in [0.1, 0.15) is 19.3 Å². The molecule has 4 rings (SSSR count). The van der Waals surface area contributed by atoms with E-state index < -0.39 is 0 Å². The molecule has 0 bridgehead atoms. The highest BCUT2D eigenvalue weighted by Gasteiger charge is 2.25. The Morgan fingerprint density at radius 3 is 2.69 bits per heavy atom. The number of amides is 1. The first-order valence-electron chi connectivity index (χ1n) is 9.22. The van der Waals surface area contributed by atoms with Gasteiger partial charge in [0.2, 0.25) is 5.91 Å². The van der Waals surface area contributed by atoms with Crippen LogP contribution in [-0.2, 0) is 4.79 Å². The van der Waals surface area contributed by atoms with Crippen molar-refractivity contribution in [2.45, 2.75) is 19.3 Å². The minimum atomic E-state index is 0.339. The number of hydrogen-bond donors (Lipinski definition) is 0. The maximum absolute atomic E-state index is 12.5. The molecule has 138 valence electrons. The lowest BCUT2D eigenvalue weighted by Crippen LogP contribution is -2.40. The SMILES string of the molecule is O=C(CC1CCN(c2cnc3cc(Cl)ccc3n2)CC1)N1CCSCC1. The second-order valence-electron chi connectivity index (χ2n) is 6.99. The van der Waals surface area contributed by atoms with Crippen molar-refractivity contribution in [1.82, 2.24) is 14.9 Å². The molecular weight excluding hydrogens is 368 g/mol. The fraction of sp³-hybridized carbons (Fsp3) is 0.526. The summed E-state index contributed by atoms with van der Waals surface area (Å²) in [5.41, 5.74) is 1.69. The van der Waals surface area contributed by atoms with Crippen molar-refractivity contribution in [3.63, 3.8) is 0 Å². The van der Waals surface area contributed by atoms with E-state index in [4.69, 9.17) is 16.6 Å². The van der Waals surface area contributed by atoms with Crippen LogP contribution in [0.5, 0.6) is 0 Å². The van der Waals surface area contributed by atoms with Gasteiger partial charge in [-0.05, 0) is 37.0 Å². The molecule has 2 aliphatic rings. The van der Waals surface area contributed by atoms with Gasteiger partial charge in [-0.2, -0.15) is 11.8 Å². The molecule has 0 N–H and O–H groups in total. The zero-order valence-electron chi connectivity index (χ0n) is 14.7. The number of halogens is 1. The number of aromatic nitrogens is 2. The number of hydrogen-bond acceptors (Lipinski definition) is 5. The van der Waals surface area contributed by atoms with Crippen LogP contribution in [0.2, 0.25) is 5.02 Å². The van der Waals surface area contributed by atoms with Gasteiger partial charge in [0.05, 0.1) is 17.2 Å². The van der Waals surface area contributed by atoms with Crippen molar-refractivity contribution in [1.29, 1.82) is 0 Å². The number of thioether (sulfide) groups is 1. The minimum absolute atomic E-state index is 0.339. The van der Waals surface area contributed by atoms with E-state index in [1.54, 1.807) is 0 Å². The second-order valence-corrected chi connectivity index (χ2v) is 8.65. The average molecular weight is 391 g/mol. The maximum atomic E-state index is 12.5. The van der Waals surface area contributed by atoms with Gasteiger partial charge >= 0.3 is 0 Å². The van der Waals surface area contributed by atoms with E-state index in [0.29, 0.717) is 23.3 Å². The standard InChI is InChI=1S/C19H23ClN4OS/c20-15-1-2-16-17(12-15)21-13-18(22-16)23-5-3-14(4-6-23)11-19(25)24-7-9-26-10-8-24/h1-2,12-14H,3-11H2. The molecule has 2 aromatic rings. The monoisotopic (exact) mass is 390 g/mol. The average Bonchev–Trinajstić information content (AvgIpc) is 2.69. The fourth-order valence-electron chi connectivity index (χ4n) is 3.68. The molecule has 2 aliphatic heterocycles. The summed E-state index contributed by atoms with van der Waals surface area (Å²) >= 11 is 7.95. The van der Waals surface area contributed by atoms with E-state index in [-0.39, 0.29) is 0 Å². The second kappa shape index (κ2) is 8.01. The van der Waals surface area contributed by atoms with Gasteiger partial charge in [0.25, 0.3) is 0 Å². The van der Waals surface area contributed by atoms with Crippen molar-refractivity contribution < 1.29 is 4.79 Å². The molecule has 0 saturated carbocycles. The predicted molar refractivity (Wildman–Crippen MR) is 108 cm³/mol. The Bertz CT molecular complexity index is 788. The van der Waals surface area contributed by atoms with Crippen LogP contribution in [0, 0.1) is 5.92 Å². The third kappa shape index (κ3) is 4.07. The Balaban J connectivity index is 1.34. The quantitative estimate of drug-likeness (QED) is 0.803. The lowest BCUT2D eigenvalue weighted by molar-refractivity contribution is -0.132. The van der Waals surface area contributed by atoms with E-state index >= 15 is 0 Å². The van der Waals surface area contributed by atoms with Crippen LogP contribution in [0.15, 0.2) is 24.4 Å². The van der Waals surface area contributed by atoms with Gasteiger partial charge in [-0.3, -0.25) is 9.78 Å². The molecule has 7 heteroatoms. The summed E-state index contributed by atoms with van der Waals surface area (Å²) in [6.45, 7) is 3.70. The molecular formula is C19H23ClN4OS. The van der Waals surface area contributed by atoms with E-state index in [0.717, 1.165) is 67.4 Å². The number of carbonyl (C=O) groups is 1. The van der Waals surface area contributed by atoms with Crippen LogP contribution in [-0.4, -0.2) is 58.5 Å². The van der Waals surface area contributed by atoms with Crippen molar-refractivity contribution in [2.75, 3.05) is 42.6 Å². The maximum Gasteiger partial charge on any atom is 0.222 e. The van der Waals surface area contributed by atoms with Crippen LogP contribution in [0.3, 0.4) is 0 Å². The van der Waals surface area contributed by atoms with E-state index in [1.165, 1.54) is 0 Å². The molecule has 0 unspecified atom stereocenters. The van der Waals surface area contributed by atoms with Gasteiger partial charge in [-0.1, -0.05) is 11.6 Å². The molecule has 0 atom stereocenters. The van der Waals surface area contributed by atoms with Gasteiger partial charge in [0.15, 0.2) is 0 Å². The Hall–Kier alpha value is -1.53. The smallest absolute Gasteiger partial charge is 0.222 e. The molecule has 0 aliphatic carbocycles. The lowest BCUT2D eigenvalue weighted by atomic mass is 9.93. The highest BCUT2D eigenvalue weighted by molar-refractivity contribution is 7.99. The summed E-state index contributed by atoms with van der Waals surface area (Å²) in [6, 6.07) is 5.60. The van der Waals surface area contributed by atoms with Crippen molar-refractivity contribution in [2.24, 2.45) is 5.92 Å². The Morgan fingerprint density at radius 2 is 1.92 bits per heavy atom. The summed E-state index contributed by atoms with van der Waals surface area (Å²) in [6.07, 6.45) is 4.60. The molecule has 1 aromatic carbocycles. The molecule has 1 amide bonds. The van der Waals surface area contributed by atoms with E-state index in [1.807, 2.05) is 41.1 Å². The van der Waals surface area contributed by atoms with E-state index in [2.05, 4.69) is 9.88 Å². The largest absolute Gasteiger partial charge is 0.355 e. The van der Waals surface area contributed by atoms with Crippen molar-refractivity contribution in [3.8, 4) is 0 Å². The number of piperidine rings is 1.